The summed E-state index contributed by atoms with van der Waals surface area (Å²) in [5, 5.41) is 4.61. The molecular formula is C14H17Cl2N3O. The van der Waals surface area contributed by atoms with Crippen LogP contribution in [0.5, 0.6) is 0 Å². The first-order chi connectivity index (χ1) is 9.72. The van der Waals surface area contributed by atoms with Gasteiger partial charge < -0.3 is 14.6 Å². The summed E-state index contributed by atoms with van der Waals surface area (Å²) in [5.74, 6) is 0.942. The second kappa shape index (κ2) is 7.64. The molecule has 0 radical (unpaired) electrons. The number of nitrogens with zero attached hydrogens (tertiary/aromatic N) is 2. The predicted molar refractivity (Wildman–Crippen MR) is 81.4 cm³/mol. The fourth-order valence-corrected chi connectivity index (χ4v) is 2.40. The zero-order valence-electron chi connectivity index (χ0n) is 11.3. The van der Waals surface area contributed by atoms with E-state index in [1.165, 1.54) is 0 Å². The quantitative estimate of drug-likeness (QED) is 0.799. The minimum atomic E-state index is 0.611. The van der Waals surface area contributed by atoms with Gasteiger partial charge in [0.1, 0.15) is 5.82 Å². The molecular weight excluding hydrogens is 297 g/mol. The monoisotopic (exact) mass is 313 g/mol. The van der Waals surface area contributed by atoms with E-state index in [4.69, 9.17) is 27.9 Å². The van der Waals surface area contributed by atoms with Gasteiger partial charge in [0.25, 0.3) is 0 Å². The lowest BCUT2D eigenvalue weighted by atomic mass is 10.2. The molecule has 0 fully saturated rings. The number of hydrogen-bond acceptors (Lipinski definition) is 3. The van der Waals surface area contributed by atoms with Crippen molar-refractivity contribution in [1.82, 2.24) is 14.9 Å². The summed E-state index contributed by atoms with van der Waals surface area (Å²) in [6.07, 6.45) is 3.70. The molecule has 0 bridgehead atoms. The molecule has 1 N–H and O–H groups in total. The molecule has 0 amide bonds. The zero-order valence-corrected chi connectivity index (χ0v) is 12.8. The Balaban J connectivity index is 2.05. The standard InChI is InChI=1S/C14H17Cl2N3O/c1-20-8-6-17-9-14-18-5-7-19(14)10-11-12(15)3-2-4-13(11)16/h2-5,7,17H,6,8-10H2,1H3. The van der Waals surface area contributed by atoms with Crippen LogP contribution >= 0.6 is 23.2 Å². The minimum Gasteiger partial charge on any atom is -0.383 e. The van der Waals surface area contributed by atoms with Crippen LogP contribution in [0.2, 0.25) is 10.0 Å². The van der Waals surface area contributed by atoms with Crippen molar-refractivity contribution < 1.29 is 4.74 Å². The SMILES string of the molecule is COCCNCc1nccn1Cc1c(Cl)cccc1Cl. The largest absolute Gasteiger partial charge is 0.383 e. The number of nitrogens with one attached hydrogen (secondary N) is 1. The molecule has 4 nitrogen and oxygen atoms in total. The first kappa shape index (κ1) is 15.3. The van der Waals surface area contributed by atoms with E-state index in [9.17, 15) is 0 Å². The van der Waals surface area contributed by atoms with Crippen LogP contribution in [0.25, 0.3) is 0 Å². The van der Waals surface area contributed by atoms with Crippen molar-refractivity contribution in [2.45, 2.75) is 13.1 Å². The van der Waals surface area contributed by atoms with Crippen LogP contribution in [-0.4, -0.2) is 29.8 Å². The van der Waals surface area contributed by atoms with Crippen molar-refractivity contribution in [2.75, 3.05) is 20.3 Å². The Morgan fingerprint density at radius 3 is 2.75 bits per heavy atom. The van der Waals surface area contributed by atoms with Gasteiger partial charge in [-0.1, -0.05) is 29.3 Å². The highest BCUT2D eigenvalue weighted by molar-refractivity contribution is 6.35. The highest BCUT2D eigenvalue weighted by atomic mass is 35.5. The van der Waals surface area contributed by atoms with Crippen LogP contribution < -0.4 is 5.32 Å². The number of imidazole rings is 1. The van der Waals surface area contributed by atoms with Crippen molar-refractivity contribution in [3.05, 3.63) is 52.0 Å². The van der Waals surface area contributed by atoms with Crippen molar-refractivity contribution >= 4 is 23.2 Å². The van der Waals surface area contributed by atoms with E-state index in [0.29, 0.717) is 29.7 Å². The summed E-state index contributed by atoms with van der Waals surface area (Å²) in [4.78, 5) is 4.34. The van der Waals surface area contributed by atoms with Crippen LogP contribution in [-0.2, 0) is 17.8 Å². The Morgan fingerprint density at radius 2 is 2.05 bits per heavy atom. The molecule has 1 aromatic heterocycles. The highest BCUT2D eigenvalue weighted by Gasteiger charge is 2.09. The molecule has 1 heterocycles. The van der Waals surface area contributed by atoms with Gasteiger partial charge in [-0.15, -0.1) is 0 Å². The Hall–Kier alpha value is -1.07. The maximum absolute atomic E-state index is 6.19. The molecule has 1 aromatic carbocycles. The van der Waals surface area contributed by atoms with E-state index < -0.39 is 0 Å². The number of halogens is 2. The maximum atomic E-state index is 6.19. The van der Waals surface area contributed by atoms with Gasteiger partial charge in [0.2, 0.25) is 0 Å². The summed E-state index contributed by atoms with van der Waals surface area (Å²) in [7, 11) is 1.68. The van der Waals surface area contributed by atoms with E-state index >= 15 is 0 Å². The lowest BCUT2D eigenvalue weighted by molar-refractivity contribution is 0.199. The molecule has 6 heteroatoms. The lowest BCUT2D eigenvalue weighted by Crippen LogP contribution is -2.21. The molecule has 0 aliphatic carbocycles. The molecule has 0 aliphatic rings. The van der Waals surface area contributed by atoms with Crippen LogP contribution in [0, 0.1) is 0 Å². The van der Waals surface area contributed by atoms with E-state index in [1.807, 2.05) is 29.0 Å². The Morgan fingerprint density at radius 1 is 1.30 bits per heavy atom. The average molecular weight is 314 g/mol. The fraction of sp³-hybridized carbons (Fsp3) is 0.357. The Labute approximate surface area is 128 Å². The molecule has 0 unspecified atom stereocenters. The van der Waals surface area contributed by atoms with Crippen LogP contribution in [0.3, 0.4) is 0 Å². The molecule has 0 spiro atoms. The summed E-state index contributed by atoms with van der Waals surface area (Å²) in [5.41, 5.74) is 0.909. The smallest absolute Gasteiger partial charge is 0.122 e. The van der Waals surface area contributed by atoms with E-state index in [-0.39, 0.29) is 0 Å². The van der Waals surface area contributed by atoms with Crippen molar-refractivity contribution in [1.29, 1.82) is 0 Å². The Bertz CT molecular complexity index is 537. The van der Waals surface area contributed by atoms with Gasteiger partial charge in [-0.3, -0.25) is 0 Å². The van der Waals surface area contributed by atoms with E-state index in [0.717, 1.165) is 17.9 Å². The number of hydrogen-bond donors (Lipinski definition) is 1. The van der Waals surface area contributed by atoms with Gasteiger partial charge in [0.15, 0.2) is 0 Å². The van der Waals surface area contributed by atoms with Gasteiger partial charge >= 0.3 is 0 Å². The average Bonchev–Trinajstić information content (AvgIpc) is 2.87. The van der Waals surface area contributed by atoms with E-state index in [2.05, 4.69) is 10.3 Å². The third kappa shape index (κ3) is 3.96. The third-order valence-corrected chi connectivity index (χ3v) is 3.67. The highest BCUT2D eigenvalue weighted by Crippen LogP contribution is 2.25. The normalized spacial score (nSPS) is 10.9. The lowest BCUT2D eigenvalue weighted by Gasteiger charge is -2.11. The molecule has 0 saturated carbocycles. The van der Waals surface area contributed by atoms with Gasteiger partial charge in [-0.2, -0.15) is 0 Å². The Kier molecular flexibility index (Phi) is 5.86. The zero-order chi connectivity index (χ0) is 14.4. The molecule has 2 rings (SSSR count). The van der Waals surface area contributed by atoms with Crippen molar-refractivity contribution in [3.63, 3.8) is 0 Å². The molecule has 20 heavy (non-hydrogen) atoms. The molecule has 0 atom stereocenters. The molecule has 108 valence electrons. The van der Waals surface area contributed by atoms with Crippen molar-refractivity contribution in [3.8, 4) is 0 Å². The van der Waals surface area contributed by atoms with Crippen LogP contribution in [0.4, 0.5) is 0 Å². The van der Waals surface area contributed by atoms with Gasteiger partial charge in [0, 0.05) is 41.7 Å². The summed E-state index contributed by atoms with van der Waals surface area (Å²) >= 11 is 12.4. The second-order valence-corrected chi connectivity index (χ2v) is 5.16. The molecule has 0 saturated heterocycles. The van der Waals surface area contributed by atoms with Crippen LogP contribution in [0.15, 0.2) is 30.6 Å². The third-order valence-electron chi connectivity index (χ3n) is 2.96. The number of aromatic nitrogens is 2. The van der Waals surface area contributed by atoms with E-state index in [1.54, 1.807) is 13.3 Å². The fourth-order valence-electron chi connectivity index (χ4n) is 1.88. The predicted octanol–water partition coefficient (Wildman–Crippen LogP) is 2.97. The summed E-state index contributed by atoms with van der Waals surface area (Å²) in [6, 6.07) is 5.53. The number of benzene rings is 1. The van der Waals surface area contributed by atoms with Gasteiger partial charge in [-0.25, -0.2) is 4.98 Å². The number of methoxy groups -OCH3 is 1. The summed E-state index contributed by atoms with van der Waals surface area (Å²) < 4.78 is 7.03. The van der Waals surface area contributed by atoms with Crippen molar-refractivity contribution in [2.24, 2.45) is 0 Å². The second-order valence-electron chi connectivity index (χ2n) is 4.34. The maximum Gasteiger partial charge on any atom is 0.122 e. The number of rotatable bonds is 7. The summed E-state index contributed by atoms with van der Waals surface area (Å²) in [6.45, 7) is 2.76. The first-order valence-corrected chi connectivity index (χ1v) is 7.10. The van der Waals surface area contributed by atoms with Gasteiger partial charge in [0.05, 0.1) is 19.7 Å². The van der Waals surface area contributed by atoms with Gasteiger partial charge in [-0.05, 0) is 12.1 Å². The first-order valence-electron chi connectivity index (χ1n) is 6.35. The molecule has 2 aromatic rings. The number of ether oxygens (including phenoxy) is 1. The topological polar surface area (TPSA) is 39.1 Å². The molecule has 0 aliphatic heterocycles. The van der Waals surface area contributed by atoms with Crippen LogP contribution in [0.1, 0.15) is 11.4 Å². The minimum absolute atomic E-state index is 0.611.